The van der Waals surface area contributed by atoms with E-state index in [1.54, 1.807) is 0 Å². The number of aryl methyl sites for hydroxylation is 1. The standard InChI is InChI=1S/C10H13F3N2O2/c1-2-7-5-9(16)15-8(14-7)3-4-17-6-10(11,12)13/h5H,2-4,6H2,1H3,(H,14,15,16). The first-order chi connectivity index (χ1) is 7.90. The van der Waals surface area contributed by atoms with Gasteiger partial charge in [-0.1, -0.05) is 6.92 Å². The van der Waals surface area contributed by atoms with Crippen molar-refractivity contribution >= 4 is 0 Å². The number of nitrogens with zero attached hydrogens (tertiary/aromatic N) is 1. The van der Waals surface area contributed by atoms with Crippen LogP contribution in [-0.2, 0) is 17.6 Å². The Labute approximate surface area is 95.8 Å². The van der Waals surface area contributed by atoms with Gasteiger partial charge in [-0.05, 0) is 6.42 Å². The van der Waals surface area contributed by atoms with Crippen molar-refractivity contribution < 1.29 is 17.9 Å². The van der Waals surface area contributed by atoms with Crippen LogP contribution in [0.2, 0.25) is 0 Å². The van der Waals surface area contributed by atoms with E-state index in [4.69, 9.17) is 0 Å². The molecule has 0 bridgehead atoms. The molecule has 1 aromatic heterocycles. The lowest BCUT2D eigenvalue weighted by atomic mass is 10.3. The number of H-pyrrole nitrogens is 1. The van der Waals surface area contributed by atoms with Gasteiger partial charge >= 0.3 is 6.18 Å². The molecule has 1 rings (SSSR count). The number of hydrogen-bond acceptors (Lipinski definition) is 3. The van der Waals surface area contributed by atoms with Crippen molar-refractivity contribution in [1.82, 2.24) is 9.97 Å². The highest BCUT2D eigenvalue weighted by atomic mass is 19.4. The molecule has 7 heteroatoms. The summed E-state index contributed by atoms with van der Waals surface area (Å²) < 4.78 is 39.7. The largest absolute Gasteiger partial charge is 0.411 e. The lowest BCUT2D eigenvalue weighted by molar-refractivity contribution is -0.173. The summed E-state index contributed by atoms with van der Waals surface area (Å²) in [5, 5.41) is 0. The summed E-state index contributed by atoms with van der Waals surface area (Å²) in [5.41, 5.74) is 0.308. The second-order valence-electron chi connectivity index (χ2n) is 3.45. The summed E-state index contributed by atoms with van der Waals surface area (Å²) in [4.78, 5) is 17.7. The molecule has 0 aliphatic rings. The van der Waals surface area contributed by atoms with Crippen molar-refractivity contribution in [3.63, 3.8) is 0 Å². The van der Waals surface area contributed by atoms with E-state index < -0.39 is 12.8 Å². The molecule has 0 unspecified atom stereocenters. The molecule has 0 amide bonds. The highest BCUT2D eigenvalue weighted by Gasteiger charge is 2.27. The Morgan fingerprint density at radius 2 is 2.18 bits per heavy atom. The van der Waals surface area contributed by atoms with Crippen LogP contribution in [0, 0.1) is 0 Å². The average molecular weight is 250 g/mol. The van der Waals surface area contributed by atoms with Crippen LogP contribution in [0.4, 0.5) is 13.2 Å². The van der Waals surface area contributed by atoms with Gasteiger partial charge in [-0.2, -0.15) is 13.2 Å². The minimum Gasteiger partial charge on any atom is -0.372 e. The van der Waals surface area contributed by atoms with Crippen LogP contribution in [-0.4, -0.2) is 29.4 Å². The smallest absolute Gasteiger partial charge is 0.372 e. The SMILES string of the molecule is CCc1cc(=O)[nH]c(CCOCC(F)(F)F)n1. The molecule has 1 N–H and O–H groups in total. The summed E-state index contributed by atoms with van der Waals surface area (Å²) >= 11 is 0. The quantitative estimate of drug-likeness (QED) is 0.805. The van der Waals surface area contributed by atoms with Crippen molar-refractivity contribution in [2.24, 2.45) is 0 Å². The summed E-state index contributed by atoms with van der Waals surface area (Å²) in [7, 11) is 0. The van der Waals surface area contributed by atoms with E-state index in [2.05, 4.69) is 14.7 Å². The first kappa shape index (κ1) is 13.7. The number of alkyl halides is 3. The van der Waals surface area contributed by atoms with Gasteiger partial charge in [0.25, 0.3) is 5.56 Å². The molecule has 4 nitrogen and oxygen atoms in total. The number of rotatable bonds is 5. The molecule has 0 saturated carbocycles. The first-order valence-electron chi connectivity index (χ1n) is 5.14. The Balaban J connectivity index is 2.47. The Morgan fingerprint density at radius 3 is 2.76 bits per heavy atom. The number of aromatic nitrogens is 2. The van der Waals surface area contributed by atoms with Gasteiger partial charge in [0.05, 0.1) is 6.61 Å². The minimum absolute atomic E-state index is 0.129. The topological polar surface area (TPSA) is 55.0 Å². The molecular formula is C10H13F3N2O2. The molecule has 1 heterocycles. The number of ether oxygens (including phenoxy) is 1. The predicted octanol–water partition coefficient (Wildman–Crippen LogP) is 1.45. The van der Waals surface area contributed by atoms with Gasteiger partial charge in [-0.25, -0.2) is 4.98 Å². The number of aromatic amines is 1. The maximum atomic E-state index is 11.8. The van der Waals surface area contributed by atoms with E-state index >= 15 is 0 Å². The van der Waals surface area contributed by atoms with Crippen LogP contribution in [0.5, 0.6) is 0 Å². The molecule has 17 heavy (non-hydrogen) atoms. The van der Waals surface area contributed by atoms with Crippen molar-refractivity contribution in [1.29, 1.82) is 0 Å². The zero-order valence-corrected chi connectivity index (χ0v) is 9.30. The predicted molar refractivity (Wildman–Crippen MR) is 54.8 cm³/mol. The Bertz CT molecular complexity index is 415. The zero-order chi connectivity index (χ0) is 12.9. The molecule has 96 valence electrons. The van der Waals surface area contributed by atoms with Crippen LogP contribution in [0.3, 0.4) is 0 Å². The zero-order valence-electron chi connectivity index (χ0n) is 9.30. The summed E-state index contributed by atoms with van der Waals surface area (Å²) in [5.74, 6) is 0.344. The molecule has 0 radical (unpaired) electrons. The lowest BCUT2D eigenvalue weighted by Crippen LogP contribution is -2.19. The van der Waals surface area contributed by atoms with Crippen molar-refractivity contribution in [2.45, 2.75) is 25.9 Å². The fraction of sp³-hybridized carbons (Fsp3) is 0.600. The fourth-order valence-corrected chi connectivity index (χ4v) is 1.22. The summed E-state index contributed by atoms with van der Waals surface area (Å²) in [6, 6.07) is 1.36. The van der Waals surface area contributed by atoms with Crippen LogP contribution >= 0.6 is 0 Å². The van der Waals surface area contributed by atoms with Gasteiger partial charge in [-0.3, -0.25) is 4.79 Å². The third-order valence-electron chi connectivity index (χ3n) is 1.95. The normalized spacial score (nSPS) is 11.8. The highest BCUT2D eigenvalue weighted by Crippen LogP contribution is 2.14. The van der Waals surface area contributed by atoms with Crippen LogP contribution < -0.4 is 5.56 Å². The molecule has 0 aliphatic carbocycles. The molecule has 0 saturated heterocycles. The fourth-order valence-electron chi connectivity index (χ4n) is 1.22. The van der Waals surface area contributed by atoms with Gasteiger partial charge < -0.3 is 9.72 Å². The maximum Gasteiger partial charge on any atom is 0.411 e. The Kier molecular flexibility index (Phi) is 4.68. The van der Waals surface area contributed by atoms with E-state index in [1.807, 2.05) is 6.92 Å². The van der Waals surface area contributed by atoms with Crippen molar-refractivity contribution in [3.8, 4) is 0 Å². The number of hydrogen-bond donors (Lipinski definition) is 1. The molecule has 0 aliphatic heterocycles. The van der Waals surface area contributed by atoms with E-state index in [0.29, 0.717) is 17.9 Å². The second-order valence-corrected chi connectivity index (χ2v) is 3.45. The minimum atomic E-state index is -4.33. The summed E-state index contributed by atoms with van der Waals surface area (Å²) in [6.07, 6.45) is -3.58. The van der Waals surface area contributed by atoms with Gasteiger partial charge in [0, 0.05) is 18.2 Å². The van der Waals surface area contributed by atoms with Crippen LogP contribution in [0.15, 0.2) is 10.9 Å². The second kappa shape index (κ2) is 5.81. The van der Waals surface area contributed by atoms with Crippen LogP contribution in [0.1, 0.15) is 18.4 Å². The third kappa shape index (κ3) is 5.48. The van der Waals surface area contributed by atoms with Gasteiger partial charge in [0.15, 0.2) is 0 Å². The monoisotopic (exact) mass is 250 g/mol. The van der Waals surface area contributed by atoms with Gasteiger partial charge in [0.1, 0.15) is 12.4 Å². The lowest BCUT2D eigenvalue weighted by Gasteiger charge is -2.07. The van der Waals surface area contributed by atoms with Gasteiger partial charge in [-0.15, -0.1) is 0 Å². The molecule has 0 aromatic carbocycles. The van der Waals surface area contributed by atoms with Gasteiger partial charge in [0.2, 0.25) is 0 Å². The van der Waals surface area contributed by atoms with E-state index in [1.165, 1.54) is 6.07 Å². The summed E-state index contributed by atoms with van der Waals surface area (Å²) in [6.45, 7) is 0.423. The Morgan fingerprint density at radius 1 is 1.47 bits per heavy atom. The molecule has 0 fully saturated rings. The number of halogens is 3. The maximum absolute atomic E-state index is 11.8. The van der Waals surface area contributed by atoms with Crippen molar-refractivity contribution in [3.05, 3.63) is 27.9 Å². The van der Waals surface area contributed by atoms with E-state index in [9.17, 15) is 18.0 Å². The average Bonchev–Trinajstić information content (AvgIpc) is 2.22. The molecule has 1 aromatic rings. The molecule has 0 atom stereocenters. The molecule has 0 spiro atoms. The Hall–Kier alpha value is -1.37. The van der Waals surface area contributed by atoms with Crippen molar-refractivity contribution in [2.75, 3.05) is 13.2 Å². The highest BCUT2D eigenvalue weighted by molar-refractivity contribution is 5.02. The van der Waals surface area contributed by atoms with Crippen LogP contribution in [0.25, 0.3) is 0 Å². The number of nitrogens with one attached hydrogen (secondary N) is 1. The van der Waals surface area contributed by atoms with E-state index in [0.717, 1.165) is 0 Å². The van der Waals surface area contributed by atoms with E-state index in [-0.39, 0.29) is 18.6 Å². The molecular weight excluding hydrogens is 237 g/mol. The first-order valence-corrected chi connectivity index (χ1v) is 5.14. The third-order valence-corrected chi connectivity index (χ3v) is 1.95.